The highest BCUT2D eigenvalue weighted by molar-refractivity contribution is 5.94. The molecular weight excluding hydrogens is 428 g/mol. The largest absolute Gasteiger partial charge is 0.493 e. The predicted octanol–water partition coefficient (Wildman–Crippen LogP) is 4.45. The summed E-state index contributed by atoms with van der Waals surface area (Å²) in [5.74, 6) is 1.53. The maximum atomic E-state index is 12.8. The van der Waals surface area contributed by atoms with E-state index in [0.29, 0.717) is 18.7 Å². The highest BCUT2D eigenvalue weighted by Gasteiger charge is 2.35. The summed E-state index contributed by atoms with van der Waals surface area (Å²) in [6.45, 7) is 8.39. The highest BCUT2D eigenvalue weighted by atomic mass is 16.5. The molecule has 0 bridgehead atoms. The molecule has 2 atom stereocenters. The molecule has 180 valence electrons. The van der Waals surface area contributed by atoms with Gasteiger partial charge in [0.15, 0.2) is 11.5 Å². The second-order valence-corrected chi connectivity index (χ2v) is 8.71. The van der Waals surface area contributed by atoms with Gasteiger partial charge in [-0.2, -0.15) is 0 Å². The standard InChI is InChI=1S/C27H34N4O3/c1-6-30(7-2)27(32)20-10-8-19(9-11-20)26-23-14-25(34-5)24(33-4)13-21(23)12-18(3)31(26)16-22-15-28-17-29-22/h8-11,13-15,17-18,26H,6-7,12,16H2,1-5H3,(H,28,29). The van der Waals surface area contributed by atoms with Gasteiger partial charge in [0.05, 0.1) is 26.6 Å². The van der Waals surface area contributed by atoms with Crippen LogP contribution in [0.2, 0.25) is 0 Å². The molecule has 4 rings (SSSR count). The number of hydrogen-bond acceptors (Lipinski definition) is 5. The SMILES string of the molecule is CCN(CC)C(=O)c1ccc(C2c3cc(OC)c(OC)cc3CC(C)N2Cc2cnc[nH]2)cc1. The van der Waals surface area contributed by atoms with Crippen molar-refractivity contribution in [2.75, 3.05) is 27.3 Å². The Kier molecular flexibility index (Phi) is 7.22. The number of hydrogen-bond donors (Lipinski definition) is 1. The van der Waals surface area contributed by atoms with Crippen molar-refractivity contribution in [3.05, 3.63) is 76.9 Å². The molecule has 0 spiro atoms. The first-order valence-corrected chi connectivity index (χ1v) is 11.9. The van der Waals surface area contributed by atoms with E-state index in [9.17, 15) is 4.79 Å². The fourth-order valence-electron chi connectivity index (χ4n) is 4.92. The third-order valence-corrected chi connectivity index (χ3v) is 6.78. The molecule has 1 amide bonds. The first kappa shape index (κ1) is 23.8. The molecule has 2 aromatic carbocycles. The number of H-pyrrole nitrogens is 1. The van der Waals surface area contributed by atoms with E-state index in [-0.39, 0.29) is 18.0 Å². The third-order valence-electron chi connectivity index (χ3n) is 6.78. The predicted molar refractivity (Wildman–Crippen MR) is 132 cm³/mol. The highest BCUT2D eigenvalue weighted by Crippen LogP contribution is 2.43. The Morgan fingerprint density at radius 1 is 1.12 bits per heavy atom. The number of aromatic nitrogens is 2. The van der Waals surface area contributed by atoms with Crippen LogP contribution in [0.3, 0.4) is 0 Å². The van der Waals surface area contributed by atoms with Gasteiger partial charge >= 0.3 is 0 Å². The van der Waals surface area contributed by atoms with Gasteiger partial charge in [-0.3, -0.25) is 9.69 Å². The van der Waals surface area contributed by atoms with E-state index in [1.807, 2.05) is 37.1 Å². The van der Waals surface area contributed by atoms with E-state index in [1.54, 1.807) is 20.5 Å². The Morgan fingerprint density at radius 2 is 1.79 bits per heavy atom. The first-order valence-electron chi connectivity index (χ1n) is 11.9. The van der Waals surface area contributed by atoms with E-state index in [2.05, 4.69) is 46.1 Å². The number of amides is 1. The quantitative estimate of drug-likeness (QED) is 0.536. The van der Waals surface area contributed by atoms with Gasteiger partial charge in [0.25, 0.3) is 5.91 Å². The molecule has 1 aromatic heterocycles. The molecule has 0 radical (unpaired) electrons. The molecule has 3 aromatic rings. The minimum absolute atomic E-state index is 0.000499. The van der Waals surface area contributed by atoms with Gasteiger partial charge in [-0.25, -0.2) is 4.98 Å². The van der Waals surface area contributed by atoms with Crippen LogP contribution in [0.4, 0.5) is 0 Å². The lowest BCUT2D eigenvalue weighted by Gasteiger charge is -2.42. The number of rotatable bonds is 8. The molecule has 0 fully saturated rings. The molecule has 1 aliphatic heterocycles. The number of nitrogens with zero attached hydrogens (tertiary/aromatic N) is 3. The van der Waals surface area contributed by atoms with Crippen LogP contribution in [-0.4, -0.2) is 59.0 Å². The summed E-state index contributed by atoms with van der Waals surface area (Å²) in [4.78, 5) is 24.6. The fraction of sp³-hybridized carbons (Fsp3) is 0.407. The molecule has 1 aliphatic rings. The van der Waals surface area contributed by atoms with Crippen LogP contribution in [-0.2, 0) is 13.0 Å². The van der Waals surface area contributed by atoms with Crippen LogP contribution in [0, 0.1) is 0 Å². The zero-order valence-corrected chi connectivity index (χ0v) is 20.7. The normalized spacial score (nSPS) is 17.8. The van der Waals surface area contributed by atoms with Gasteiger partial charge in [-0.05, 0) is 68.1 Å². The van der Waals surface area contributed by atoms with Crippen LogP contribution in [0.1, 0.15) is 59.6 Å². The number of benzene rings is 2. The van der Waals surface area contributed by atoms with Crippen molar-refractivity contribution >= 4 is 5.91 Å². The molecule has 34 heavy (non-hydrogen) atoms. The van der Waals surface area contributed by atoms with Gasteiger partial charge < -0.3 is 19.4 Å². The molecule has 0 saturated heterocycles. The number of carbonyl (C=O) groups is 1. The summed E-state index contributed by atoms with van der Waals surface area (Å²) < 4.78 is 11.2. The molecule has 0 saturated carbocycles. The van der Waals surface area contributed by atoms with Gasteiger partial charge in [0, 0.05) is 43.1 Å². The monoisotopic (exact) mass is 462 g/mol. The fourth-order valence-corrected chi connectivity index (χ4v) is 4.92. The second kappa shape index (κ2) is 10.3. The summed E-state index contributed by atoms with van der Waals surface area (Å²) >= 11 is 0. The van der Waals surface area contributed by atoms with E-state index >= 15 is 0 Å². The van der Waals surface area contributed by atoms with Crippen molar-refractivity contribution < 1.29 is 14.3 Å². The lowest BCUT2D eigenvalue weighted by atomic mass is 9.84. The Bertz CT molecular complexity index is 1110. The molecule has 2 unspecified atom stereocenters. The molecular formula is C27H34N4O3. The van der Waals surface area contributed by atoms with Crippen LogP contribution in [0.25, 0.3) is 0 Å². The molecule has 1 N–H and O–H groups in total. The van der Waals surface area contributed by atoms with Crippen molar-refractivity contribution in [2.24, 2.45) is 0 Å². The molecule has 7 nitrogen and oxygen atoms in total. The van der Waals surface area contributed by atoms with Crippen LogP contribution < -0.4 is 9.47 Å². The van der Waals surface area contributed by atoms with E-state index in [1.165, 1.54) is 11.1 Å². The average Bonchev–Trinajstić information content (AvgIpc) is 3.38. The lowest BCUT2D eigenvalue weighted by molar-refractivity contribution is 0.0773. The number of aromatic amines is 1. The Labute approximate surface area is 201 Å². The lowest BCUT2D eigenvalue weighted by Crippen LogP contribution is -2.42. The molecule has 7 heteroatoms. The Morgan fingerprint density at radius 3 is 2.38 bits per heavy atom. The Balaban J connectivity index is 1.78. The minimum Gasteiger partial charge on any atom is -0.493 e. The van der Waals surface area contributed by atoms with Crippen molar-refractivity contribution in [2.45, 2.75) is 45.8 Å². The third kappa shape index (κ3) is 4.53. The molecule has 2 heterocycles. The number of fused-ring (bicyclic) bond motifs is 1. The summed E-state index contributed by atoms with van der Waals surface area (Å²) in [5, 5.41) is 0. The number of carbonyl (C=O) groups excluding carboxylic acids is 1. The van der Waals surface area contributed by atoms with Crippen molar-refractivity contribution in [3.63, 3.8) is 0 Å². The van der Waals surface area contributed by atoms with Crippen LogP contribution in [0.5, 0.6) is 11.5 Å². The number of nitrogens with one attached hydrogen (secondary N) is 1. The van der Waals surface area contributed by atoms with Gasteiger partial charge in [0.1, 0.15) is 0 Å². The summed E-state index contributed by atoms with van der Waals surface area (Å²) in [6.07, 6.45) is 4.49. The Hall–Kier alpha value is -3.32. The smallest absolute Gasteiger partial charge is 0.253 e. The van der Waals surface area contributed by atoms with E-state index < -0.39 is 0 Å². The van der Waals surface area contributed by atoms with Crippen LogP contribution in [0.15, 0.2) is 48.9 Å². The van der Waals surface area contributed by atoms with Crippen molar-refractivity contribution in [1.29, 1.82) is 0 Å². The zero-order chi connectivity index (χ0) is 24.2. The maximum absolute atomic E-state index is 12.8. The zero-order valence-electron chi connectivity index (χ0n) is 20.7. The van der Waals surface area contributed by atoms with Gasteiger partial charge in [-0.15, -0.1) is 0 Å². The van der Waals surface area contributed by atoms with Crippen molar-refractivity contribution in [1.82, 2.24) is 19.8 Å². The maximum Gasteiger partial charge on any atom is 0.253 e. The number of imidazole rings is 1. The topological polar surface area (TPSA) is 70.7 Å². The van der Waals surface area contributed by atoms with E-state index in [0.717, 1.165) is 35.7 Å². The molecule has 0 aliphatic carbocycles. The summed E-state index contributed by atoms with van der Waals surface area (Å²) in [7, 11) is 3.34. The van der Waals surface area contributed by atoms with Gasteiger partial charge in [-0.1, -0.05) is 12.1 Å². The second-order valence-electron chi connectivity index (χ2n) is 8.71. The van der Waals surface area contributed by atoms with E-state index in [4.69, 9.17) is 9.47 Å². The summed E-state index contributed by atoms with van der Waals surface area (Å²) in [6, 6.07) is 12.5. The van der Waals surface area contributed by atoms with Crippen molar-refractivity contribution in [3.8, 4) is 11.5 Å². The van der Waals surface area contributed by atoms with Gasteiger partial charge in [0.2, 0.25) is 0 Å². The number of ether oxygens (including phenoxy) is 2. The summed E-state index contributed by atoms with van der Waals surface area (Å²) in [5.41, 5.74) is 5.35. The number of methoxy groups -OCH3 is 2. The first-order chi connectivity index (χ1) is 16.5. The average molecular weight is 463 g/mol. The minimum atomic E-state index is -0.000499. The van der Waals surface area contributed by atoms with Crippen LogP contribution >= 0.6 is 0 Å².